The second-order valence-corrected chi connectivity index (χ2v) is 5.53. The predicted octanol–water partition coefficient (Wildman–Crippen LogP) is 3.14. The molecule has 4 heteroatoms. The molecule has 0 unspecified atom stereocenters. The van der Waals surface area contributed by atoms with Crippen molar-refractivity contribution >= 4 is 0 Å². The van der Waals surface area contributed by atoms with Crippen LogP contribution < -0.4 is 0 Å². The van der Waals surface area contributed by atoms with Crippen LogP contribution in [0.25, 0.3) is 5.82 Å². The van der Waals surface area contributed by atoms with Crippen molar-refractivity contribution in [3.63, 3.8) is 0 Å². The number of aryl methyl sites for hydroxylation is 4. The molecular weight excluding hydrogens is 260 g/mol. The van der Waals surface area contributed by atoms with Crippen LogP contribution in [0.15, 0.2) is 12.1 Å². The summed E-state index contributed by atoms with van der Waals surface area (Å²) in [7, 11) is 0. The van der Waals surface area contributed by atoms with E-state index in [2.05, 4.69) is 31.1 Å². The summed E-state index contributed by atoms with van der Waals surface area (Å²) < 4.78 is 1.87. The van der Waals surface area contributed by atoms with Crippen molar-refractivity contribution in [2.24, 2.45) is 0 Å². The number of rotatable bonds is 3. The molecular formula is C17H20N4. The van der Waals surface area contributed by atoms with Crippen LogP contribution in [-0.4, -0.2) is 14.8 Å². The van der Waals surface area contributed by atoms with Gasteiger partial charge in [-0.3, -0.25) is 0 Å². The van der Waals surface area contributed by atoms with Gasteiger partial charge in [-0.25, -0.2) is 9.67 Å². The SMILES string of the molecule is CCc1cc(CC)n(-c2nc3c(cc2C#N)CCCC3)n1. The normalized spacial score (nSPS) is 13.8. The molecule has 4 nitrogen and oxygen atoms in total. The van der Waals surface area contributed by atoms with Crippen LogP contribution in [0.1, 0.15) is 54.9 Å². The van der Waals surface area contributed by atoms with Crippen molar-refractivity contribution in [3.8, 4) is 11.9 Å². The molecule has 0 aromatic carbocycles. The zero-order valence-electron chi connectivity index (χ0n) is 12.7. The van der Waals surface area contributed by atoms with Crippen molar-refractivity contribution in [2.45, 2.75) is 52.4 Å². The zero-order chi connectivity index (χ0) is 14.8. The number of aromatic nitrogens is 3. The molecule has 0 bridgehead atoms. The van der Waals surface area contributed by atoms with Crippen LogP contribution in [0, 0.1) is 11.3 Å². The molecule has 2 aromatic rings. The number of pyridine rings is 1. The van der Waals surface area contributed by atoms with Gasteiger partial charge in [-0.15, -0.1) is 0 Å². The van der Waals surface area contributed by atoms with E-state index < -0.39 is 0 Å². The molecule has 0 spiro atoms. The van der Waals surface area contributed by atoms with Gasteiger partial charge >= 0.3 is 0 Å². The van der Waals surface area contributed by atoms with Crippen molar-refractivity contribution in [1.29, 1.82) is 5.26 Å². The van der Waals surface area contributed by atoms with Crippen molar-refractivity contribution in [2.75, 3.05) is 0 Å². The van der Waals surface area contributed by atoms with Gasteiger partial charge in [0.1, 0.15) is 6.07 Å². The fourth-order valence-corrected chi connectivity index (χ4v) is 2.95. The Hall–Kier alpha value is -2.15. The lowest BCUT2D eigenvalue weighted by atomic mass is 9.95. The van der Waals surface area contributed by atoms with Gasteiger partial charge in [0.05, 0.1) is 11.3 Å². The number of nitriles is 1. The predicted molar refractivity (Wildman–Crippen MR) is 81.5 cm³/mol. The Kier molecular flexibility index (Phi) is 3.74. The Morgan fingerprint density at radius 2 is 2.00 bits per heavy atom. The summed E-state index contributed by atoms with van der Waals surface area (Å²) in [5.74, 6) is 0.703. The van der Waals surface area contributed by atoms with E-state index in [9.17, 15) is 5.26 Å². The van der Waals surface area contributed by atoms with Crippen molar-refractivity contribution in [1.82, 2.24) is 14.8 Å². The molecule has 3 rings (SSSR count). The van der Waals surface area contributed by atoms with E-state index in [0.29, 0.717) is 11.4 Å². The van der Waals surface area contributed by atoms with Crippen LogP contribution in [0.3, 0.4) is 0 Å². The Balaban J connectivity index is 2.17. The van der Waals surface area contributed by atoms with Crippen LogP contribution >= 0.6 is 0 Å². The highest BCUT2D eigenvalue weighted by Crippen LogP contribution is 2.24. The highest BCUT2D eigenvalue weighted by atomic mass is 15.3. The number of hydrogen-bond donors (Lipinski definition) is 0. The summed E-state index contributed by atoms with van der Waals surface area (Å²) in [6, 6.07) is 6.43. The van der Waals surface area contributed by atoms with Crippen LogP contribution in [0.5, 0.6) is 0 Å². The first-order valence-corrected chi connectivity index (χ1v) is 7.77. The van der Waals surface area contributed by atoms with E-state index in [4.69, 9.17) is 4.98 Å². The monoisotopic (exact) mass is 280 g/mol. The molecule has 2 aromatic heterocycles. The Labute approximate surface area is 125 Å². The van der Waals surface area contributed by atoms with E-state index in [-0.39, 0.29) is 0 Å². The van der Waals surface area contributed by atoms with Crippen LogP contribution in [0.4, 0.5) is 0 Å². The third-order valence-corrected chi connectivity index (χ3v) is 4.16. The first-order valence-electron chi connectivity index (χ1n) is 7.77. The maximum atomic E-state index is 9.48. The van der Waals surface area contributed by atoms with Gasteiger partial charge in [-0.05, 0) is 56.2 Å². The summed E-state index contributed by atoms with van der Waals surface area (Å²) in [5.41, 5.74) is 5.19. The van der Waals surface area contributed by atoms with E-state index in [1.807, 2.05) is 10.7 Å². The molecule has 0 amide bonds. The zero-order valence-corrected chi connectivity index (χ0v) is 12.7. The topological polar surface area (TPSA) is 54.5 Å². The maximum Gasteiger partial charge on any atom is 0.171 e. The Bertz CT molecular complexity index is 706. The minimum Gasteiger partial charge on any atom is -0.232 e. The van der Waals surface area contributed by atoms with Gasteiger partial charge in [-0.2, -0.15) is 10.4 Å². The molecule has 0 saturated carbocycles. The smallest absolute Gasteiger partial charge is 0.171 e. The minimum atomic E-state index is 0.635. The van der Waals surface area contributed by atoms with E-state index >= 15 is 0 Å². The summed E-state index contributed by atoms with van der Waals surface area (Å²) in [5, 5.41) is 14.1. The van der Waals surface area contributed by atoms with Gasteiger partial charge in [0, 0.05) is 11.4 Å². The third-order valence-electron chi connectivity index (χ3n) is 4.16. The van der Waals surface area contributed by atoms with Gasteiger partial charge in [-0.1, -0.05) is 13.8 Å². The van der Waals surface area contributed by atoms with Gasteiger partial charge < -0.3 is 0 Å². The molecule has 0 aliphatic heterocycles. The standard InChI is InChI=1S/C17H20N4/c1-3-14-10-15(4-2)21(20-14)17-13(11-18)9-12-7-5-6-8-16(12)19-17/h9-10H,3-8H2,1-2H3. The summed E-state index contributed by atoms with van der Waals surface area (Å²) in [6.45, 7) is 4.20. The van der Waals surface area contributed by atoms with E-state index in [1.165, 1.54) is 18.4 Å². The first kappa shape index (κ1) is 13.8. The lowest BCUT2D eigenvalue weighted by molar-refractivity contribution is 0.658. The van der Waals surface area contributed by atoms with Crippen LogP contribution in [0.2, 0.25) is 0 Å². The summed E-state index contributed by atoms with van der Waals surface area (Å²) in [4.78, 5) is 4.79. The van der Waals surface area contributed by atoms with Gasteiger partial charge in [0.15, 0.2) is 5.82 Å². The lowest BCUT2D eigenvalue weighted by Crippen LogP contribution is -2.13. The highest BCUT2D eigenvalue weighted by Gasteiger charge is 2.18. The average molecular weight is 280 g/mol. The summed E-state index contributed by atoms with van der Waals surface area (Å²) in [6.07, 6.45) is 6.21. The average Bonchev–Trinajstić information content (AvgIpc) is 2.96. The molecule has 0 fully saturated rings. The first-order chi connectivity index (χ1) is 10.3. The number of fused-ring (bicyclic) bond motifs is 1. The molecule has 1 aliphatic carbocycles. The molecule has 108 valence electrons. The fourth-order valence-electron chi connectivity index (χ4n) is 2.95. The lowest BCUT2D eigenvalue weighted by Gasteiger charge is -2.17. The molecule has 0 radical (unpaired) electrons. The van der Waals surface area contributed by atoms with Crippen LogP contribution in [-0.2, 0) is 25.7 Å². The maximum absolute atomic E-state index is 9.48. The Morgan fingerprint density at radius 3 is 2.71 bits per heavy atom. The molecule has 2 heterocycles. The third kappa shape index (κ3) is 2.44. The number of hydrogen-bond acceptors (Lipinski definition) is 3. The summed E-state index contributed by atoms with van der Waals surface area (Å²) >= 11 is 0. The number of nitrogens with zero attached hydrogens (tertiary/aromatic N) is 4. The second-order valence-electron chi connectivity index (χ2n) is 5.53. The van der Waals surface area contributed by atoms with Crippen molar-refractivity contribution < 1.29 is 0 Å². The molecule has 0 atom stereocenters. The van der Waals surface area contributed by atoms with Gasteiger partial charge in [0.25, 0.3) is 0 Å². The van der Waals surface area contributed by atoms with Gasteiger partial charge in [0.2, 0.25) is 0 Å². The van der Waals surface area contributed by atoms with E-state index in [0.717, 1.165) is 42.8 Å². The highest BCUT2D eigenvalue weighted by molar-refractivity contribution is 5.48. The minimum absolute atomic E-state index is 0.635. The fraction of sp³-hybridized carbons (Fsp3) is 0.471. The quantitative estimate of drug-likeness (QED) is 0.868. The molecule has 0 N–H and O–H groups in total. The molecule has 1 aliphatic rings. The molecule has 0 saturated heterocycles. The van der Waals surface area contributed by atoms with Crippen molar-refractivity contribution in [3.05, 3.63) is 40.3 Å². The largest absolute Gasteiger partial charge is 0.232 e. The Morgan fingerprint density at radius 1 is 1.19 bits per heavy atom. The molecule has 21 heavy (non-hydrogen) atoms. The van der Waals surface area contributed by atoms with E-state index in [1.54, 1.807) is 0 Å². The second kappa shape index (κ2) is 5.69.